The maximum Gasteiger partial charge on any atom is 0.411 e. The van der Waals surface area contributed by atoms with Crippen LogP contribution in [0.3, 0.4) is 0 Å². The van der Waals surface area contributed by atoms with Crippen LogP contribution in [0.1, 0.15) is 5.69 Å². The summed E-state index contributed by atoms with van der Waals surface area (Å²) in [6.45, 7) is 0.473. The molecule has 3 aromatic rings. The number of benzene rings is 2. The predicted molar refractivity (Wildman–Crippen MR) is 118 cm³/mol. The number of hydrogen-bond acceptors (Lipinski definition) is 6. The Morgan fingerprint density at radius 2 is 1.83 bits per heavy atom. The summed E-state index contributed by atoms with van der Waals surface area (Å²) < 4.78 is 9.78. The number of carbonyl (C=O) groups excluding carboxylic acids is 2. The number of nitrogens with one attached hydrogen (secondary N) is 2. The van der Waals surface area contributed by atoms with Gasteiger partial charge in [0.25, 0.3) is 0 Å². The molecule has 0 radical (unpaired) electrons. The molecule has 2 N–H and O–H groups in total. The summed E-state index contributed by atoms with van der Waals surface area (Å²) in [6.07, 6.45) is -0.470. The molecule has 156 valence electrons. The first-order valence-electron chi connectivity index (χ1n) is 9.07. The number of amides is 2. The minimum absolute atomic E-state index is 0.123. The molecule has 0 saturated heterocycles. The molecule has 0 unspecified atom stereocenters. The van der Waals surface area contributed by atoms with Gasteiger partial charge < -0.3 is 14.8 Å². The van der Waals surface area contributed by atoms with Crippen LogP contribution in [-0.2, 0) is 20.7 Å². The largest absolute Gasteiger partial charge is 0.447 e. The number of carbonyl (C=O) groups is 2. The van der Waals surface area contributed by atoms with Crippen LogP contribution in [0.4, 0.5) is 16.2 Å². The Morgan fingerprint density at radius 1 is 1.07 bits per heavy atom. The average molecular weight is 446 g/mol. The summed E-state index contributed by atoms with van der Waals surface area (Å²) in [5.74, 6) is -0.217. The number of aromatic nitrogens is 1. The third-order valence-electron chi connectivity index (χ3n) is 3.91. The molecule has 0 spiro atoms. The van der Waals surface area contributed by atoms with E-state index in [-0.39, 0.29) is 18.9 Å². The van der Waals surface area contributed by atoms with Crippen LogP contribution in [-0.4, -0.2) is 37.3 Å². The number of anilines is 2. The fourth-order valence-corrected chi connectivity index (χ4v) is 3.70. The van der Waals surface area contributed by atoms with Crippen molar-refractivity contribution in [1.29, 1.82) is 0 Å². The van der Waals surface area contributed by atoms with E-state index in [4.69, 9.17) is 21.1 Å². The molecule has 7 nitrogen and oxygen atoms in total. The van der Waals surface area contributed by atoms with Crippen LogP contribution < -0.4 is 10.6 Å². The third kappa shape index (κ3) is 6.28. The van der Waals surface area contributed by atoms with E-state index in [2.05, 4.69) is 15.6 Å². The first-order chi connectivity index (χ1) is 14.5. The van der Waals surface area contributed by atoms with Gasteiger partial charge in [0.1, 0.15) is 11.6 Å². The molecule has 0 atom stereocenters. The molecule has 30 heavy (non-hydrogen) atoms. The molecule has 0 aliphatic carbocycles. The first kappa shape index (κ1) is 21.8. The number of thiazole rings is 1. The lowest BCUT2D eigenvalue weighted by Gasteiger charge is -2.09. The van der Waals surface area contributed by atoms with Gasteiger partial charge in [-0.3, -0.25) is 10.1 Å². The van der Waals surface area contributed by atoms with Crippen LogP contribution in [0.5, 0.6) is 0 Å². The minimum atomic E-state index is -0.592. The van der Waals surface area contributed by atoms with Crippen molar-refractivity contribution in [2.45, 2.75) is 6.42 Å². The molecule has 0 fully saturated rings. The highest BCUT2D eigenvalue weighted by Crippen LogP contribution is 2.30. The van der Waals surface area contributed by atoms with Crippen molar-refractivity contribution in [2.75, 3.05) is 31.0 Å². The summed E-state index contributed by atoms with van der Waals surface area (Å²) in [7, 11) is 1.52. The molecule has 1 aromatic heterocycles. The molecular formula is C21H20ClN3O4S. The van der Waals surface area contributed by atoms with E-state index in [0.717, 1.165) is 10.6 Å². The van der Waals surface area contributed by atoms with Gasteiger partial charge in [-0.1, -0.05) is 35.9 Å². The van der Waals surface area contributed by atoms with Gasteiger partial charge in [-0.05, 0) is 24.3 Å². The standard InChI is InChI=1S/C21H20ClN3O4S/c1-28-9-10-29-21(27)25-15-6-4-5-14(11-15)23-19(26)12-16-13-30-20(24-16)17-7-2-3-8-18(17)22/h2-8,11,13H,9-10,12H2,1H3,(H,23,26)(H,25,27). The van der Waals surface area contributed by atoms with Crippen molar-refractivity contribution < 1.29 is 19.1 Å². The third-order valence-corrected chi connectivity index (χ3v) is 5.17. The second-order valence-electron chi connectivity index (χ2n) is 6.18. The lowest BCUT2D eigenvalue weighted by atomic mass is 10.2. The van der Waals surface area contributed by atoms with E-state index in [9.17, 15) is 9.59 Å². The Labute approximate surface area is 183 Å². The first-order valence-corrected chi connectivity index (χ1v) is 10.3. The van der Waals surface area contributed by atoms with Gasteiger partial charge in [-0.15, -0.1) is 11.3 Å². The summed E-state index contributed by atoms with van der Waals surface area (Å²) >= 11 is 7.65. The maximum absolute atomic E-state index is 12.4. The Hall–Kier alpha value is -2.94. The minimum Gasteiger partial charge on any atom is -0.447 e. The Bertz CT molecular complexity index is 1020. The zero-order valence-corrected chi connectivity index (χ0v) is 17.8. The summed E-state index contributed by atoms with van der Waals surface area (Å²) in [5, 5.41) is 8.63. The molecule has 0 aliphatic heterocycles. The quantitative estimate of drug-likeness (QED) is 0.484. The number of nitrogens with zero attached hydrogens (tertiary/aromatic N) is 1. The predicted octanol–water partition coefficient (Wildman–Crippen LogP) is 4.84. The number of halogens is 1. The van der Waals surface area contributed by atoms with Gasteiger partial charge >= 0.3 is 6.09 Å². The maximum atomic E-state index is 12.4. The zero-order chi connectivity index (χ0) is 21.3. The van der Waals surface area contributed by atoms with Crippen molar-refractivity contribution in [3.63, 3.8) is 0 Å². The number of hydrogen-bond donors (Lipinski definition) is 2. The fraction of sp³-hybridized carbons (Fsp3) is 0.190. The van der Waals surface area contributed by atoms with E-state index in [1.54, 1.807) is 30.3 Å². The highest BCUT2D eigenvalue weighted by atomic mass is 35.5. The van der Waals surface area contributed by atoms with Gasteiger partial charge in [0.2, 0.25) is 5.91 Å². The number of methoxy groups -OCH3 is 1. The lowest BCUT2D eigenvalue weighted by molar-refractivity contribution is -0.115. The fourth-order valence-electron chi connectivity index (χ4n) is 2.56. The Morgan fingerprint density at radius 3 is 2.60 bits per heavy atom. The molecule has 2 aromatic carbocycles. The number of ether oxygens (including phenoxy) is 2. The monoisotopic (exact) mass is 445 g/mol. The Balaban J connectivity index is 1.56. The summed E-state index contributed by atoms with van der Waals surface area (Å²) in [6, 6.07) is 14.2. The van der Waals surface area contributed by atoms with Gasteiger partial charge in [0, 0.05) is 29.4 Å². The van der Waals surface area contributed by atoms with Gasteiger partial charge in [-0.2, -0.15) is 0 Å². The van der Waals surface area contributed by atoms with Crippen LogP contribution in [0.25, 0.3) is 10.6 Å². The summed E-state index contributed by atoms with van der Waals surface area (Å²) in [4.78, 5) is 28.6. The lowest BCUT2D eigenvalue weighted by Crippen LogP contribution is -2.17. The molecular weight excluding hydrogens is 426 g/mol. The zero-order valence-electron chi connectivity index (χ0n) is 16.2. The SMILES string of the molecule is COCCOC(=O)Nc1cccc(NC(=O)Cc2csc(-c3ccccc3Cl)n2)c1. The van der Waals surface area contributed by atoms with E-state index < -0.39 is 6.09 Å². The molecule has 0 aliphatic rings. The number of rotatable bonds is 8. The van der Waals surface area contributed by atoms with E-state index in [0.29, 0.717) is 28.7 Å². The van der Waals surface area contributed by atoms with Crippen LogP contribution in [0, 0.1) is 0 Å². The van der Waals surface area contributed by atoms with Crippen molar-refractivity contribution in [3.8, 4) is 10.6 Å². The van der Waals surface area contributed by atoms with Crippen LogP contribution in [0.15, 0.2) is 53.9 Å². The van der Waals surface area contributed by atoms with Crippen molar-refractivity contribution in [3.05, 3.63) is 64.6 Å². The molecule has 9 heteroatoms. The molecule has 3 rings (SSSR count). The highest BCUT2D eigenvalue weighted by molar-refractivity contribution is 7.13. The smallest absolute Gasteiger partial charge is 0.411 e. The van der Waals surface area contributed by atoms with Crippen LogP contribution >= 0.6 is 22.9 Å². The molecule has 0 bridgehead atoms. The van der Waals surface area contributed by atoms with Crippen molar-refractivity contribution in [2.24, 2.45) is 0 Å². The molecule has 0 saturated carbocycles. The normalized spacial score (nSPS) is 10.5. The molecule has 1 heterocycles. The highest BCUT2D eigenvalue weighted by Gasteiger charge is 2.12. The van der Waals surface area contributed by atoms with E-state index in [1.165, 1.54) is 18.4 Å². The van der Waals surface area contributed by atoms with E-state index >= 15 is 0 Å². The van der Waals surface area contributed by atoms with Crippen molar-refractivity contribution in [1.82, 2.24) is 4.98 Å². The molecule has 2 amide bonds. The Kier molecular flexibility index (Phi) is 7.78. The van der Waals surface area contributed by atoms with Gasteiger partial charge in [0.05, 0.1) is 23.7 Å². The van der Waals surface area contributed by atoms with Gasteiger partial charge in [0.15, 0.2) is 0 Å². The van der Waals surface area contributed by atoms with Crippen LogP contribution in [0.2, 0.25) is 5.02 Å². The van der Waals surface area contributed by atoms with E-state index in [1.807, 2.05) is 23.6 Å². The topological polar surface area (TPSA) is 89.5 Å². The van der Waals surface area contributed by atoms with Crippen molar-refractivity contribution >= 4 is 46.3 Å². The second-order valence-corrected chi connectivity index (χ2v) is 7.45. The second kappa shape index (κ2) is 10.7. The average Bonchev–Trinajstić information content (AvgIpc) is 3.16. The van der Waals surface area contributed by atoms with Gasteiger partial charge in [-0.25, -0.2) is 9.78 Å². The summed E-state index contributed by atoms with van der Waals surface area (Å²) in [5.41, 5.74) is 2.55.